The number of nitrogens with two attached hydrogens (primary N) is 1. The van der Waals surface area contributed by atoms with Crippen LogP contribution < -0.4 is 11.1 Å². The van der Waals surface area contributed by atoms with E-state index < -0.39 is 31.1 Å². The maximum atomic E-state index is 10.3. The van der Waals surface area contributed by atoms with E-state index in [-0.39, 0.29) is 0 Å². The van der Waals surface area contributed by atoms with E-state index >= 15 is 0 Å². The predicted octanol–water partition coefficient (Wildman–Crippen LogP) is 0.588. The van der Waals surface area contributed by atoms with Gasteiger partial charge in [-0.3, -0.25) is 4.57 Å². The van der Waals surface area contributed by atoms with E-state index in [0.29, 0.717) is 29.2 Å². The summed E-state index contributed by atoms with van der Waals surface area (Å²) in [7, 11) is 0. The Morgan fingerprint density at radius 1 is 1.21 bits per heavy atom. The number of nitrogen functional groups attached to an aromatic ring is 1. The SMILES string of the molecule is Cc1ccc(CCNc2cc(N)c3ncn(C4OC(CO)C(O)C4O)c3n2)cc1. The first-order valence-corrected chi connectivity index (χ1v) is 9.53. The molecule has 0 saturated carbocycles. The van der Waals surface area contributed by atoms with Crippen molar-refractivity contribution in [3.63, 3.8) is 0 Å². The summed E-state index contributed by atoms with van der Waals surface area (Å²) in [5, 5.41) is 32.9. The molecule has 3 aromatic rings. The van der Waals surface area contributed by atoms with Crippen LogP contribution in [0.3, 0.4) is 0 Å². The van der Waals surface area contributed by atoms with Crippen molar-refractivity contribution in [2.45, 2.75) is 37.9 Å². The second-order valence-electron chi connectivity index (χ2n) is 7.31. The first-order valence-electron chi connectivity index (χ1n) is 9.53. The van der Waals surface area contributed by atoms with E-state index in [1.165, 1.54) is 22.0 Å². The second kappa shape index (κ2) is 7.96. The summed E-state index contributed by atoms with van der Waals surface area (Å²) in [6, 6.07) is 10.1. The van der Waals surface area contributed by atoms with Crippen LogP contribution in [0.5, 0.6) is 0 Å². The van der Waals surface area contributed by atoms with Crippen LogP contribution in [0.15, 0.2) is 36.7 Å². The van der Waals surface area contributed by atoms with E-state index in [4.69, 9.17) is 10.5 Å². The lowest BCUT2D eigenvalue weighted by atomic mass is 10.1. The van der Waals surface area contributed by atoms with Crippen molar-refractivity contribution >= 4 is 22.7 Å². The van der Waals surface area contributed by atoms with Gasteiger partial charge in [-0.15, -0.1) is 0 Å². The zero-order valence-electron chi connectivity index (χ0n) is 16.1. The van der Waals surface area contributed by atoms with Gasteiger partial charge in [-0.1, -0.05) is 29.8 Å². The van der Waals surface area contributed by atoms with Crippen LogP contribution in [0.1, 0.15) is 17.4 Å². The molecule has 2 aromatic heterocycles. The molecule has 1 aromatic carbocycles. The Hall–Kier alpha value is -2.72. The molecule has 9 nitrogen and oxygen atoms in total. The Bertz CT molecular complexity index is 990. The van der Waals surface area contributed by atoms with Crippen molar-refractivity contribution in [3.8, 4) is 0 Å². The van der Waals surface area contributed by atoms with E-state index in [1.807, 2.05) is 0 Å². The van der Waals surface area contributed by atoms with Gasteiger partial charge in [0.15, 0.2) is 11.9 Å². The highest BCUT2D eigenvalue weighted by molar-refractivity contribution is 5.86. The number of anilines is 2. The fraction of sp³-hybridized carbons (Fsp3) is 0.400. The lowest BCUT2D eigenvalue weighted by Gasteiger charge is -2.17. The van der Waals surface area contributed by atoms with Gasteiger partial charge in [0.2, 0.25) is 0 Å². The van der Waals surface area contributed by atoms with Gasteiger partial charge >= 0.3 is 0 Å². The quantitative estimate of drug-likeness (QED) is 0.406. The van der Waals surface area contributed by atoms with E-state index in [2.05, 4.69) is 46.5 Å². The summed E-state index contributed by atoms with van der Waals surface area (Å²) in [5.41, 5.74) is 9.92. The molecule has 154 valence electrons. The number of benzene rings is 1. The van der Waals surface area contributed by atoms with Gasteiger partial charge in [-0.2, -0.15) is 0 Å². The van der Waals surface area contributed by atoms with Crippen LogP contribution in [0.2, 0.25) is 0 Å². The summed E-state index contributed by atoms with van der Waals surface area (Å²) < 4.78 is 7.12. The minimum Gasteiger partial charge on any atom is -0.397 e. The standard InChI is InChI=1S/C20H25N5O4/c1-11-2-4-12(5-3-11)6-7-22-15-8-13(21)16-19(24-15)25(10-23-16)20-18(28)17(27)14(9-26)29-20/h2-5,8,10,14,17-18,20,26-28H,6-7,9H2,1H3,(H3,21,22,24). The highest BCUT2D eigenvalue weighted by atomic mass is 16.6. The number of aromatic nitrogens is 3. The van der Waals surface area contributed by atoms with Gasteiger partial charge in [0.1, 0.15) is 29.6 Å². The molecule has 4 rings (SSSR count). The third-order valence-electron chi connectivity index (χ3n) is 5.19. The van der Waals surface area contributed by atoms with Gasteiger partial charge in [-0.25, -0.2) is 9.97 Å². The molecule has 4 atom stereocenters. The van der Waals surface area contributed by atoms with Crippen molar-refractivity contribution in [3.05, 3.63) is 47.8 Å². The van der Waals surface area contributed by atoms with Crippen LogP contribution >= 0.6 is 0 Å². The minimum atomic E-state index is -1.22. The molecule has 1 aliphatic rings. The summed E-state index contributed by atoms with van der Waals surface area (Å²) in [4.78, 5) is 8.83. The molecule has 0 bridgehead atoms. The number of fused-ring (bicyclic) bond motifs is 1. The van der Waals surface area contributed by atoms with E-state index in [9.17, 15) is 15.3 Å². The van der Waals surface area contributed by atoms with Gasteiger partial charge in [0.05, 0.1) is 18.6 Å². The molecule has 1 aliphatic heterocycles. The molecule has 1 fully saturated rings. The molecular formula is C20H25N5O4. The van der Waals surface area contributed by atoms with Gasteiger partial charge in [0, 0.05) is 12.6 Å². The van der Waals surface area contributed by atoms with Crippen LogP contribution in [-0.4, -0.2) is 61.3 Å². The smallest absolute Gasteiger partial charge is 0.166 e. The number of aryl methyl sites for hydroxylation is 1. The summed E-state index contributed by atoms with van der Waals surface area (Å²) in [6.07, 6.45) is -1.91. The molecule has 0 radical (unpaired) electrons. The highest BCUT2D eigenvalue weighted by Crippen LogP contribution is 2.32. The fourth-order valence-corrected chi connectivity index (χ4v) is 3.51. The number of nitrogens with one attached hydrogen (secondary N) is 1. The maximum absolute atomic E-state index is 10.3. The zero-order valence-corrected chi connectivity index (χ0v) is 16.1. The van der Waals surface area contributed by atoms with Crippen LogP contribution in [-0.2, 0) is 11.2 Å². The Kier molecular flexibility index (Phi) is 5.37. The fourth-order valence-electron chi connectivity index (χ4n) is 3.51. The molecule has 3 heterocycles. The van der Waals surface area contributed by atoms with Crippen LogP contribution in [0, 0.1) is 6.92 Å². The number of aliphatic hydroxyl groups excluding tert-OH is 3. The third-order valence-corrected chi connectivity index (χ3v) is 5.19. The van der Waals surface area contributed by atoms with Gasteiger partial charge in [0.25, 0.3) is 0 Å². The van der Waals surface area contributed by atoms with Crippen molar-refractivity contribution in [1.29, 1.82) is 0 Å². The Morgan fingerprint density at radius 2 is 1.97 bits per heavy atom. The monoisotopic (exact) mass is 399 g/mol. The van der Waals surface area contributed by atoms with Crippen LogP contribution in [0.25, 0.3) is 11.2 Å². The third kappa shape index (κ3) is 3.77. The number of ether oxygens (including phenoxy) is 1. The largest absolute Gasteiger partial charge is 0.397 e. The van der Waals surface area contributed by atoms with Crippen molar-refractivity contribution < 1.29 is 20.1 Å². The van der Waals surface area contributed by atoms with E-state index in [0.717, 1.165) is 6.42 Å². The number of rotatable bonds is 6. The number of imidazole rings is 1. The summed E-state index contributed by atoms with van der Waals surface area (Å²) in [5.74, 6) is 0.579. The molecule has 6 N–H and O–H groups in total. The zero-order chi connectivity index (χ0) is 20.5. The Balaban J connectivity index is 1.54. The number of nitrogens with zero attached hydrogens (tertiary/aromatic N) is 3. The number of pyridine rings is 1. The lowest BCUT2D eigenvalue weighted by molar-refractivity contribution is -0.0511. The highest BCUT2D eigenvalue weighted by Gasteiger charge is 2.44. The maximum Gasteiger partial charge on any atom is 0.166 e. The number of hydrogen-bond acceptors (Lipinski definition) is 8. The average Bonchev–Trinajstić information content (AvgIpc) is 3.25. The normalized spacial score (nSPS) is 24.3. The molecule has 29 heavy (non-hydrogen) atoms. The van der Waals surface area contributed by atoms with Gasteiger partial charge < -0.3 is 31.1 Å². The van der Waals surface area contributed by atoms with Gasteiger partial charge in [-0.05, 0) is 18.9 Å². The molecule has 0 amide bonds. The Morgan fingerprint density at radius 3 is 2.66 bits per heavy atom. The first-order chi connectivity index (χ1) is 14.0. The number of hydrogen-bond donors (Lipinski definition) is 5. The van der Waals surface area contributed by atoms with Crippen molar-refractivity contribution in [1.82, 2.24) is 14.5 Å². The minimum absolute atomic E-state index is 0.400. The molecular weight excluding hydrogens is 374 g/mol. The van der Waals surface area contributed by atoms with Crippen LogP contribution in [0.4, 0.5) is 11.5 Å². The first kappa shape index (κ1) is 19.6. The summed E-state index contributed by atoms with van der Waals surface area (Å²) in [6.45, 7) is 2.32. The molecule has 0 aliphatic carbocycles. The summed E-state index contributed by atoms with van der Waals surface area (Å²) >= 11 is 0. The Labute approximate surface area is 167 Å². The number of aliphatic hydroxyl groups is 3. The second-order valence-corrected chi connectivity index (χ2v) is 7.31. The predicted molar refractivity (Wildman–Crippen MR) is 108 cm³/mol. The molecule has 9 heteroatoms. The topological polar surface area (TPSA) is 139 Å². The average molecular weight is 399 g/mol. The molecule has 4 unspecified atom stereocenters. The van der Waals surface area contributed by atoms with Crippen molar-refractivity contribution in [2.75, 3.05) is 24.2 Å². The van der Waals surface area contributed by atoms with E-state index in [1.54, 1.807) is 6.07 Å². The molecule has 0 spiro atoms. The van der Waals surface area contributed by atoms with Crippen molar-refractivity contribution in [2.24, 2.45) is 0 Å². The lowest BCUT2D eigenvalue weighted by Crippen LogP contribution is -2.33. The molecule has 1 saturated heterocycles.